The first kappa shape index (κ1) is 22.0. The van der Waals surface area contributed by atoms with Crippen molar-refractivity contribution in [3.05, 3.63) is 54.0 Å². The molecule has 1 spiro atoms. The highest BCUT2D eigenvalue weighted by molar-refractivity contribution is 5.99. The first-order valence-electron chi connectivity index (χ1n) is 12.6. The monoisotopic (exact) mass is 469 g/mol. The smallest absolute Gasteiger partial charge is 0.270 e. The van der Waals surface area contributed by atoms with Crippen LogP contribution in [0.25, 0.3) is 16.6 Å². The number of allylic oxidation sites excluding steroid dienone is 1. The van der Waals surface area contributed by atoms with E-state index >= 15 is 0 Å². The number of amides is 1. The van der Waals surface area contributed by atoms with Gasteiger partial charge in [0.1, 0.15) is 5.69 Å². The lowest BCUT2D eigenvalue weighted by Gasteiger charge is -2.24. The van der Waals surface area contributed by atoms with Crippen molar-refractivity contribution in [3.8, 4) is 0 Å². The third-order valence-corrected chi connectivity index (χ3v) is 7.58. The Kier molecular flexibility index (Phi) is 5.60. The molecule has 180 valence electrons. The molecule has 35 heavy (non-hydrogen) atoms. The molecule has 0 radical (unpaired) electrons. The molecule has 3 aromatic rings. The number of H-pyrrole nitrogens is 1. The molecular weight excluding hydrogens is 438 g/mol. The predicted octanol–water partition coefficient (Wildman–Crippen LogP) is 4.46. The number of nitrogens with one attached hydrogen (secondary N) is 2. The van der Waals surface area contributed by atoms with Crippen molar-refractivity contribution in [2.45, 2.75) is 32.6 Å². The number of aliphatic imine (C=N–C) groups is 1. The summed E-state index contributed by atoms with van der Waals surface area (Å²) < 4.78 is 0. The Morgan fingerprint density at radius 2 is 2.06 bits per heavy atom. The SMILES string of the molecule is CCN1CCC2(CCN(C(=O)c3cc4cc(Nc5nccc(C6=CCCC=N6)n5)ccc4[nH]3)C2)C1. The van der Waals surface area contributed by atoms with E-state index in [9.17, 15) is 4.79 Å². The van der Waals surface area contributed by atoms with Crippen LogP contribution in [0, 0.1) is 5.41 Å². The van der Waals surface area contributed by atoms with Gasteiger partial charge in [-0.1, -0.05) is 13.0 Å². The van der Waals surface area contributed by atoms with Crippen LogP contribution in [0.15, 0.2) is 47.6 Å². The summed E-state index contributed by atoms with van der Waals surface area (Å²) in [5.74, 6) is 0.621. The molecule has 3 aliphatic rings. The zero-order valence-electron chi connectivity index (χ0n) is 20.1. The largest absolute Gasteiger partial charge is 0.351 e. The Morgan fingerprint density at radius 3 is 2.89 bits per heavy atom. The van der Waals surface area contributed by atoms with Gasteiger partial charge in [0.05, 0.1) is 11.4 Å². The topological polar surface area (TPSA) is 89.5 Å². The summed E-state index contributed by atoms with van der Waals surface area (Å²) in [5.41, 5.74) is 4.44. The Bertz CT molecular complexity index is 1330. The molecule has 1 unspecified atom stereocenters. The van der Waals surface area contributed by atoms with Gasteiger partial charge in [-0.2, -0.15) is 0 Å². The molecular formula is C27H31N7O. The quantitative estimate of drug-likeness (QED) is 0.576. The lowest BCUT2D eigenvalue weighted by atomic mass is 9.86. The van der Waals surface area contributed by atoms with Gasteiger partial charge in [-0.15, -0.1) is 0 Å². The summed E-state index contributed by atoms with van der Waals surface area (Å²) >= 11 is 0. The second-order valence-electron chi connectivity index (χ2n) is 9.95. The van der Waals surface area contributed by atoms with E-state index in [0.717, 1.165) is 80.0 Å². The van der Waals surface area contributed by atoms with Crippen LogP contribution in [0.5, 0.6) is 0 Å². The average Bonchev–Trinajstić information content (AvgIpc) is 3.63. The minimum absolute atomic E-state index is 0.0971. The van der Waals surface area contributed by atoms with Gasteiger partial charge < -0.3 is 20.1 Å². The summed E-state index contributed by atoms with van der Waals surface area (Å²) in [6.45, 7) is 7.27. The maximum Gasteiger partial charge on any atom is 0.270 e. The molecule has 0 aliphatic carbocycles. The number of rotatable bonds is 5. The van der Waals surface area contributed by atoms with E-state index in [0.29, 0.717) is 11.6 Å². The van der Waals surface area contributed by atoms with Gasteiger partial charge in [0.2, 0.25) is 5.95 Å². The van der Waals surface area contributed by atoms with Crippen molar-refractivity contribution < 1.29 is 4.79 Å². The van der Waals surface area contributed by atoms with Crippen LogP contribution < -0.4 is 5.32 Å². The number of fused-ring (bicyclic) bond motifs is 1. The van der Waals surface area contributed by atoms with E-state index in [1.165, 1.54) is 6.42 Å². The zero-order valence-corrected chi connectivity index (χ0v) is 20.1. The molecule has 5 heterocycles. The van der Waals surface area contributed by atoms with Gasteiger partial charge in [-0.3, -0.25) is 9.79 Å². The van der Waals surface area contributed by atoms with E-state index < -0.39 is 0 Å². The average molecular weight is 470 g/mol. The van der Waals surface area contributed by atoms with Gasteiger partial charge in [0.25, 0.3) is 5.91 Å². The van der Waals surface area contributed by atoms with Gasteiger partial charge in [0, 0.05) is 54.1 Å². The van der Waals surface area contributed by atoms with Crippen molar-refractivity contribution in [2.75, 3.05) is 38.0 Å². The molecule has 1 aromatic carbocycles. The van der Waals surface area contributed by atoms with Crippen molar-refractivity contribution >= 4 is 40.4 Å². The van der Waals surface area contributed by atoms with Crippen LogP contribution in [-0.2, 0) is 0 Å². The minimum atomic E-state index is 0.0971. The molecule has 2 fully saturated rings. The molecule has 2 saturated heterocycles. The van der Waals surface area contributed by atoms with E-state index in [2.05, 4.69) is 43.2 Å². The van der Waals surface area contributed by atoms with Crippen molar-refractivity contribution in [1.29, 1.82) is 0 Å². The Morgan fingerprint density at radius 1 is 1.14 bits per heavy atom. The first-order valence-corrected chi connectivity index (χ1v) is 12.6. The summed E-state index contributed by atoms with van der Waals surface area (Å²) in [4.78, 5) is 34.6. The van der Waals surface area contributed by atoms with Crippen LogP contribution >= 0.6 is 0 Å². The van der Waals surface area contributed by atoms with Crippen LogP contribution in [0.1, 0.15) is 48.8 Å². The van der Waals surface area contributed by atoms with Gasteiger partial charge >= 0.3 is 0 Å². The van der Waals surface area contributed by atoms with Gasteiger partial charge in [0.15, 0.2) is 0 Å². The van der Waals surface area contributed by atoms with E-state index in [1.807, 2.05) is 41.4 Å². The second kappa shape index (κ2) is 8.92. The first-order chi connectivity index (χ1) is 17.1. The fourth-order valence-electron chi connectivity index (χ4n) is 5.61. The highest BCUT2D eigenvalue weighted by atomic mass is 16.2. The summed E-state index contributed by atoms with van der Waals surface area (Å²) in [6, 6.07) is 9.83. The Hall–Kier alpha value is -3.52. The third-order valence-electron chi connectivity index (χ3n) is 7.58. The number of aromatic nitrogens is 3. The Labute approximate surface area is 205 Å². The minimum Gasteiger partial charge on any atom is -0.351 e. The number of anilines is 2. The van der Waals surface area contributed by atoms with Crippen molar-refractivity contribution in [3.63, 3.8) is 0 Å². The van der Waals surface area contributed by atoms with E-state index in [4.69, 9.17) is 0 Å². The number of carbonyl (C=O) groups is 1. The molecule has 6 rings (SSSR count). The molecule has 0 saturated carbocycles. The van der Waals surface area contributed by atoms with Crippen molar-refractivity contribution in [1.82, 2.24) is 24.8 Å². The zero-order chi connectivity index (χ0) is 23.8. The molecule has 3 aliphatic heterocycles. The molecule has 8 nitrogen and oxygen atoms in total. The molecule has 8 heteroatoms. The van der Waals surface area contributed by atoms with Gasteiger partial charge in [-0.05, 0) is 69.1 Å². The number of hydrogen-bond donors (Lipinski definition) is 2. The standard InChI is InChI=1S/C27H31N7O/c1-2-33-13-9-27(17-33)10-14-34(18-27)25(35)24-16-19-15-20(6-7-21(19)31-24)30-26-29-12-8-23(32-26)22-5-3-4-11-28-22/h5-8,11-12,15-16,31H,2-4,9-10,13-14,17-18H2,1H3,(H,29,30,32). The highest BCUT2D eigenvalue weighted by Crippen LogP contribution is 2.40. The Balaban J connectivity index is 1.17. The molecule has 2 aromatic heterocycles. The lowest BCUT2D eigenvalue weighted by Crippen LogP contribution is -2.34. The molecule has 0 bridgehead atoms. The van der Waals surface area contributed by atoms with E-state index in [1.54, 1.807) is 6.20 Å². The summed E-state index contributed by atoms with van der Waals surface area (Å²) in [6.07, 6.45) is 10.0. The van der Waals surface area contributed by atoms with Crippen LogP contribution in [0.3, 0.4) is 0 Å². The number of hydrogen-bond acceptors (Lipinski definition) is 6. The maximum absolute atomic E-state index is 13.3. The van der Waals surface area contributed by atoms with Crippen LogP contribution in [0.2, 0.25) is 0 Å². The normalized spacial score (nSPS) is 22.3. The fraction of sp³-hybridized carbons (Fsp3) is 0.407. The number of nitrogens with zero attached hydrogens (tertiary/aromatic N) is 5. The molecule has 2 N–H and O–H groups in total. The number of carbonyl (C=O) groups excluding carboxylic acids is 1. The van der Waals surface area contributed by atoms with Crippen LogP contribution in [0.4, 0.5) is 11.6 Å². The van der Waals surface area contributed by atoms with Gasteiger partial charge in [-0.25, -0.2) is 9.97 Å². The second-order valence-corrected chi connectivity index (χ2v) is 9.95. The molecule has 1 atom stereocenters. The predicted molar refractivity (Wildman–Crippen MR) is 139 cm³/mol. The van der Waals surface area contributed by atoms with E-state index in [-0.39, 0.29) is 11.3 Å². The molecule has 1 amide bonds. The number of likely N-dealkylation sites (tertiary alicyclic amines) is 2. The highest BCUT2D eigenvalue weighted by Gasteiger charge is 2.44. The third kappa shape index (κ3) is 4.34. The maximum atomic E-state index is 13.3. The lowest BCUT2D eigenvalue weighted by molar-refractivity contribution is 0.0768. The fourth-order valence-corrected chi connectivity index (χ4v) is 5.61. The number of aromatic amines is 1. The summed E-state index contributed by atoms with van der Waals surface area (Å²) in [5, 5.41) is 4.28. The summed E-state index contributed by atoms with van der Waals surface area (Å²) in [7, 11) is 0. The van der Waals surface area contributed by atoms with Crippen molar-refractivity contribution in [2.24, 2.45) is 10.4 Å². The van der Waals surface area contributed by atoms with Crippen LogP contribution in [-0.4, -0.2) is 69.6 Å². The number of benzene rings is 1.